The quantitative estimate of drug-likeness (QED) is 0.510. The van der Waals surface area contributed by atoms with Crippen molar-refractivity contribution in [3.05, 3.63) is 63.3 Å². The van der Waals surface area contributed by atoms with E-state index in [2.05, 4.69) is 15.3 Å². The highest BCUT2D eigenvalue weighted by Crippen LogP contribution is 2.25. The van der Waals surface area contributed by atoms with E-state index in [4.69, 9.17) is 33.0 Å². The molecule has 0 saturated heterocycles. The van der Waals surface area contributed by atoms with Gasteiger partial charge < -0.3 is 9.15 Å². The normalized spacial score (nSPS) is 11.3. The number of H-pyrrole nitrogens is 1. The van der Waals surface area contributed by atoms with Gasteiger partial charge in [0, 0.05) is 6.42 Å². The van der Waals surface area contributed by atoms with Crippen molar-refractivity contribution in [2.75, 3.05) is 0 Å². The zero-order valence-corrected chi connectivity index (χ0v) is 14.8. The number of benzene rings is 1. The Labute approximate surface area is 152 Å². The molecule has 0 amide bonds. The predicted molar refractivity (Wildman–Crippen MR) is 94.2 cm³/mol. The molecule has 2 aromatic heterocycles. The Balaban J connectivity index is 1.67. The van der Waals surface area contributed by atoms with Gasteiger partial charge in [0.1, 0.15) is 29.7 Å². The van der Waals surface area contributed by atoms with E-state index in [-0.39, 0.29) is 11.6 Å². The lowest BCUT2D eigenvalue weighted by Gasteiger charge is -2.05. The predicted octanol–water partition coefficient (Wildman–Crippen LogP) is 4.35. The van der Waals surface area contributed by atoms with Crippen LogP contribution in [0.3, 0.4) is 0 Å². The molecule has 25 heavy (non-hydrogen) atoms. The van der Waals surface area contributed by atoms with E-state index in [0.717, 1.165) is 5.82 Å². The fourth-order valence-electron chi connectivity index (χ4n) is 2.07. The van der Waals surface area contributed by atoms with E-state index in [1.54, 1.807) is 18.3 Å². The lowest BCUT2D eigenvalue weighted by Crippen LogP contribution is -1.97. The van der Waals surface area contributed by atoms with E-state index in [1.807, 2.05) is 6.92 Å². The number of aromatic amines is 1. The first-order valence-corrected chi connectivity index (χ1v) is 8.22. The summed E-state index contributed by atoms with van der Waals surface area (Å²) in [4.78, 5) is 0. The van der Waals surface area contributed by atoms with Gasteiger partial charge in [-0.1, -0.05) is 18.5 Å². The highest BCUT2D eigenvalue weighted by atomic mass is 35.5. The molecule has 3 rings (SSSR count). The number of aromatic nitrogens is 3. The summed E-state index contributed by atoms with van der Waals surface area (Å²) in [6.07, 6.45) is 2.24. The van der Waals surface area contributed by atoms with E-state index in [9.17, 15) is 4.39 Å². The summed E-state index contributed by atoms with van der Waals surface area (Å²) in [5, 5.41) is 11.2. The number of furan rings is 1. The van der Waals surface area contributed by atoms with Gasteiger partial charge in [-0.2, -0.15) is 14.9 Å². The summed E-state index contributed by atoms with van der Waals surface area (Å²) >= 11 is 11.0. The van der Waals surface area contributed by atoms with Crippen LogP contribution >= 0.6 is 23.8 Å². The average Bonchev–Trinajstić information content (AvgIpc) is 3.18. The van der Waals surface area contributed by atoms with E-state index >= 15 is 0 Å². The number of nitrogens with one attached hydrogen (secondary N) is 1. The molecule has 0 fully saturated rings. The van der Waals surface area contributed by atoms with Crippen molar-refractivity contribution in [2.24, 2.45) is 5.10 Å². The van der Waals surface area contributed by atoms with Crippen molar-refractivity contribution < 1.29 is 13.5 Å². The van der Waals surface area contributed by atoms with Crippen LogP contribution in [0, 0.1) is 10.6 Å². The van der Waals surface area contributed by atoms with Gasteiger partial charge >= 0.3 is 0 Å². The Bertz CT molecular complexity index is 963. The van der Waals surface area contributed by atoms with Crippen molar-refractivity contribution in [3.8, 4) is 5.75 Å². The SMILES string of the molecule is CCc1n[nH]c(=S)n1/N=C/c1ccc(COc2ccc(F)cc2Cl)o1. The monoisotopic (exact) mass is 380 g/mol. The van der Waals surface area contributed by atoms with Crippen LogP contribution in [0.2, 0.25) is 5.02 Å². The molecule has 0 atom stereocenters. The lowest BCUT2D eigenvalue weighted by atomic mass is 10.3. The van der Waals surface area contributed by atoms with Crippen LogP contribution < -0.4 is 4.74 Å². The van der Waals surface area contributed by atoms with E-state index in [1.165, 1.54) is 22.9 Å². The first-order valence-electron chi connectivity index (χ1n) is 7.44. The summed E-state index contributed by atoms with van der Waals surface area (Å²) in [6.45, 7) is 2.12. The van der Waals surface area contributed by atoms with Crippen molar-refractivity contribution in [1.82, 2.24) is 14.9 Å². The smallest absolute Gasteiger partial charge is 0.216 e. The van der Waals surface area contributed by atoms with E-state index < -0.39 is 5.82 Å². The Kier molecular flexibility index (Phi) is 5.30. The molecule has 0 aliphatic carbocycles. The Morgan fingerprint density at radius 3 is 3.04 bits per heavy atom. The lowest BCUT2D eigenvalue weighted by molar-refractivity contribution is 0.269. The van der Waals surface area contributed by atoms with Crippen LogP contribution in [-0.4, -0.2) is 21.1 Å². The third-order valence-electron chi connectivity index (χ3n) is 3.28. The van der Waals surface area contributed by atoms with Gasteiger partial charge in [-0.15, -0.1) is 0 Å². The van der Waals surface area contributed by atoms with Gasteiger partial charge in [-0.05, 0) is 42.5 Å². The van der Waals surface area contributed by atoms with Crippen molar-refractivity contribution in [1.29, 1.82) is 0 Å². The number of aryl methyl sites for hydroxylation is 1. The number of hydrogen-bond acceptors (Lipinski definition) is 5. The van der Waals surface area contributed by atoms with Crippen LogP contribution in [0.15, 0.2) is 39.9 Å². The third-order valence-corrected chi connectivity index (χ3v) is 3.84. The second kappa shape index (κ2) is 7.62. The van der Waals surface area contributed by atoms with Crippen LogP contribution in [0.4, 0.5) is 4.39 Å². The van der Waals surface area contributed by atoms with Crippen molar-refractivity contribution >= 4 is 30.0 Å². The molecule has 0 aliphatic rings. The number of rotatable bonds is 6. The first kappa shape index (κ1) is 17.4. The van der Waals surface area contributed by atoms with Crippen LogP contribution in [0.25, 0.3) is 0 Å². The molecule has 0 unspecified atom stereocenters. The average molecular weight is 381 g/mol. The molecule has 2 heterocycles. The number of hydrogen-bond donors (Lipinski definition) is 1. The fourth-order valence-corrected chi connectivity index (χ4v) is 2.49. The van der Waals surface area contributed by atoms with Crippen LogP contribution in [0.5, 0.6) is 5.75 Å². The zero-order chi connectivity index (χ0) is 17.8. The summed E-state index contributed by atoms with van der Waals surface area (Å²) in [7, 11) is 0. The molecule has 9 heteroatoms. The molecular formula is C16H14ClFN4O2S. The zero-order valence-electron chi connectivity index (χ0n) is 13.2. The van der Waals surface area contributed by atoms with Crippen molar-refractivity contribution in [3.63, 3.8) is 0 Å². The number of ether oxygens (including phenoxy) is 1. The Morgan fingerprint density at radius 2 is 2.28 bits per heavy atom. The van der Waals surface area contributed by atoms with Gasteiger partial charge in [0.25, 0.3) is 0 Å². The molecule has 0 aliphatic heterocycles. The van der Waals surface area contributed by atoms with Crippen LogP contribution in [0.1, 0.15) is 24.3 Å². The van der Waals surface area contributed by atoms with Crippen molar-refractivity contribution in [2.45, 2.75) is 20.0 Å². The standard InChI is InChI=1S/C16H14ClFN4O2S/c1-2-15-20-21-16(25)22(15)19-8-11-4-5-12(24-11)9-23-14-6-3-10(18)7-13(14)17/h3-8H,2,9H2,1H3,(H,21,25)/b19-8+. The summed E-state index contributed by atoms with van der Waals surface area (Å²) in [5.74, 6) is 1.80. The molecule has 0 bridgehead atoms. The van der Waals surface area contributed by atoms with Gasteiger partial charge in [0.05, 0.1) is 11.2 Å². The van der Waals surface area contributed by atoms with Crippen LogP contribution in [-0.2, 0) is 13.0 Å². The minimum Gasteiger partial charge on any atom is -0.484 e. The highest BCUT2D eigenvalue weighted by molar-refractivity contribution is 7.71. The maximum absolute atomic E-state index is 13.0. The number of nitrogens with zero attached hydrogens (tertiary/aromatic N) is 3. The third kappa shape index (κ3) is 4.15. The topological polar surface area (TPSA) is 68.3 Å². The summed E-state index contributed by atoms with van der Waals surface area (Å²) in [6, 6.07) is 7.45. The highest BCUT2D eigenvalue weighted by Gasteiger charge is 2.06. The minimum atomic E-state index is -0.418. The fraction of sp³-hybridized carbons (Fsp3) is 0.188. The molecule has 6 nitrogen and oxygen atoms in total. The van der Waals surface area contributed by atoms with Gasteiger partial charge in [-0.3, -0.25) is 5.10 Å². The second-order valence-corrected chi connectivity index (χ2v) is 5.82. The van der Waals surface area contributed by atoms with Gasteiger partial charge in [0.15, 0.2) is 5.82 Å². The molecule has 1 aromatic carbocycles. The summed E-state index contributed by atoms with van der Waals surface area (Å²) in [5.41, 5.74) is 0. The summed E-state index contributed by atoms with van der Waals surface area (Å²) < 4.78 is 26.1. The van der Waals surface area contributed by atoms with E-state index in [0.29, 0.717) is 28.5 Å². The maximum Gasteiger partial charge on any atom is 0.216 e. The molecule has 3 aromatic rings. The molecule has 130 valence electrons. The number of halogens is 2. The first-order chi connectivity index (χ1) is 12.1. The molecule has 0 saturated carbocycles. The largest absolute Gasteiger partial charge is 0.484 e. The molecule has 0 radical (unpaired) electrons. The maximum atomic E-state index is 13.0. The Hall–Kier alpha value is -2.45. The Morgan fingerprint density at radius 1 is 1.44 bits per heavy atom. The second-order valence-electron chi connectivity index (χ2n) is 5.02. The molecule has 0 spiro atoms. The minimum absolute atomic E-state index is 0.157. The van der Waals surface area contributed by atoms with Gasteiger partial charge in [-0.25, -0.2) is 4.39 Å². The molecular weight excluding hydrogens is 367 g/mol. The van der Waals surface area contributed by atoms with Gasteiger partial charge in [0.2, 0.25) is 4.77 Å². The molecule has 1 N–H and O–H groups in total.